The van der Waals surface area contributed by atoms with E-state index in [1.165, 1.54) is 13.2 Å². The summed E-state index contributed by atoms with van der Waals surface area (Å²) >= 11 is 0. The van der Waals surface area contributed by atoms with Crippen molar-refractivity contribution in [2.45, 2.75) is 13.2 Å². The molecule has 0 unspecified atom stereocenters. The van der Waals surface area contributed by atoms with Crippen molar-refractivity contribution in [2.75, 3.05) is 38.3 Å². The number of carbonyl (C=O) groups is 1. The van der Waals surface area contributed by atoms with Crippen molar-refractivity contribution in [2.24, 2.45) is 0 Å². The maximum absolute atomic E-state index is 12.5. The van der Waals surface area contributed by atoms with E-state index in [0.717, 1.165) is 42.7 Å². The van der Waals surface area contributed by atoms with E-state index in [2.05, 4.69) is 19.9 Å². The number of hydrogen-bond donors (Lipinski definition) is 1. The van der Waals surface area contributed by atoms with Gasteiger partial charge in [0.25, 0.3) is 5.69 Å². The molecule has 1 aliphatic heterocycles. The maximum atomic E-state index is 12.5. The van der Waals surface area contributed by atoms with Crippen LogP contribution >= 0.6 is 0 Å². The van der Waals surface area contributed by atoms with Gasteiger partial charge >= 0.3 is 6.61 Å². The normalized spacial score (nSPS) is 13.9. The zero-order chi connectivity index (χ0) is 23.8. The second-order valence-electron chi connectivity index (χ2n) is 6.87. The van der Waals surface area contributed by atoms with Crippen molar-refractivity contribution in [3.63, 3.8) is 0 Å². The van der Waals surface area contributed by atoms with E-state index in [-0.39, 0.29) is 17.9 Å². The number of benzene rings is 1. The van der Waals surface area contributed by atoms with Crippen LogP contribution in [0.3, 0.4) is 0 Å². The highest BCUT2D eigenvalue weighted by Crippen LogP contribution is 2.36. The third-order valence-corrected chi connectivity index (χ3v) is 4.75. The summed E-state index contributed by atoms with van der Waals surface area (Å²) in [5.74, 6) is -0.288. The van der Waals surface area contributed by atoms with Crippen LogP contribution in [0.2, 0.25) is 0 Å². The molecule has 1 amide bonds. The first kappa shape index (κ1) is 23.9. The predicted octanol–water partition coefficient (Wildman–Crippen LogP) is 2.77. The van der Waals surface area contributed by atoms with Gasteiger partial charge in [-0.2, -0.15) is 8.78 Å². The lowest BCUT2D eigenvalue weighted by atomic mass is 10.1. The monoisotopic (exact) mass is 464 g/mol. The van der Waals surface area contributed by atoms with Crippen LogP contribution < -0.4 is 19.7 Å². The molecule has 1 aromatic heterocycles. The number of nitro groups is 1. The van der Waals surface area contributed by atoms with Gasteiger partial charge in [-0.05, 0) is 23.8 Å². The number of aromatic nitrogens is 1. The minimum Gasteiger partial charge on any atom is -0.493 e. The van der Waals surface area contributed by atoms with Crippen molar-refractivity contribution < 1.29 is 32.7 Å². The SMILES string of the molecule is COc1cc(/C=C/C(=O)NCc2ccc(N3CCOCC3)nc2)c([N+](=O)[O-])cc1OC(F)F. The molecule has 2 heterocycles. The Labute approximate surface area is 187 Å². The molecule has 12 heteroatoms. The molecule has 176 valence electrons. The second kappa shape index (κ2) is 11.2. The summed E-state index contributed by atoms with van der Waals surface area (Å²) in [6.45, 7) is -0.148. The lowest BCUT2D eigenvalue weighted by molar-refractivity contribution is -0.385. The van der Waals surface area contributed by atoms with E-state index < -0.39 is 28.9 Å². The Morgan fingerprint density at radius 3 is 2.70 bits per heavy atom. The minimum absolute atomic E-state index is 0.00912. The highest BCUT2D eigenvalue weighted by atomic mass is 19.3. The van der Waals surface area contributed by atoms with Crippen molar-refractivity contribution in [1.29, 1.82) is 0 Å². The van der Waals surface area contributed by atoms with E-state index >= 15 is 0 Å². The highest BCUT2D eigenvalue weighted by molar-refractivity contribution is 5.92. The summed E-state index contributed by atoms with van der Waals surface area (Å²) in [6, 6.07) is 5.68. The first-order valence-electron chi connectivity index (χ1n) is 9.92. The Morgan fingerprint density at radius 2 is 2.09 bits per heavy atom. The van der Waals surface area contributed by atoms with Crippen molar-refractivity contribution in [1.82, 2.24) is 10.3 Å². The number of pyridine rings is 1. The second-order valence-corrected chi connectivity index (χ2v) is 6.87. The number of alkyl halides is 2. The Kier molecular flexibility index (Phi) is 8.08. The number of morpholine rings is 1. The molecule has 10 nitrogen and oxygen atoms in total. The Balaban J connectivity index is 1.64. The van der Waals surface area contributed by atoms with E-state index in [9.17, 15) is 23.7 Å². The zero-order valence-corrected chi connectivity index (χ0v) is 17.7. The van der Waals surface area contributed by atoms with Crippen LogP contribution in [0, 0.1) is 10.1 Å². The Bertz CT molecular complexity index is 1010. The van der Waals surface area contributed by atoms with Crippen LogP contribution in [-0.2, 0) is 16.1 Å². The van der Waals surface area contributed by atoms with Crippen molar-refractivity contribution in [3.8, 4) is 11.5 Å². The average Bonchev–Trinajstić information content (AvgIpc) is 2.82. The number of amides is 1. The molecule has 0 saturated carbocycles. The van der Waals surface area contributed by atoms with Crippen LogP contribution in [0.25, 0.3) is 6.08 Å². The van der Waals surface area contributed by atoms with Gasteiger partial charge in [-0.15, -0.1) is 0 Å². The third kappa shape index (κ3) is 6.59. The van der Waals surface area contributed by atoms with Gasteiger partial charge in [-0.3, -0.25) is 14.9 Å². The van der Waals surface area contributed by atoms with Crippen LogP contribution in [-0.4, -0.2) is 55.8 Å². The Hall–Kier alpha value is -3.80. The molecule has 3 rings (SSSR count). The molecule has 0 atom stereocenters. The van der Waals surface area contributed by atoms with Crippen LogP contribution in [0.1, 0.15) is 11.1 Å². The fourth-order valence-electron chi connectivity index (χ4n) is 3.12. The fraction of sp³-hybridized carbons (Fsp3) is 0.333. The fourth-order valence-corrected chi connectivity index (χ4v) is 3.12. The molecule has 1 saturated heterocycles. The third-order valence-electron chi connectivity index (χ3n) is 4.75. The van der Waals surface area contributed by atoms with Crippen molar-refractivity contribution >= 4 is 23.5 Å². The lowest BCUT2D eigenvalue weighted by Gasteiger charge is -2.27. The number of nitrogens with zero attached hydrogens (tertiary/aromatic N) is 3. The molecule has 2 aromatic rings. The first-order valence-corrected chi connectivity index (χ1v) is 9.92. The topological polar surface area (TPSA) is 116 Å². The number of rotatable bonds is 9. The van der Waals surface area contributed by atoms with Gasteiger partial charge in [0.1, 0.15) is 5.82 Å². The molecule has 1 aromatic carbocycles. The van der Waals surface area contributed by atoms with Gasteiger partial charge in [0, 0.05) is 31.9 Å². The smallest absolute Gasteiger partial charge is 0.387 e. The van der Waals surface area contributed by atoms with E-state index in [0.29, 0.717) is 13.2 Å². The molecule has 0 radical (unpaired) electrons. The minimum atomic E-state index is -3.18. The Morgan fingerprint density at radius 1 is 1.33 bits per heavy atom. The lowest BCUT2D eigenvalue weighted by Crippen LogP contribution is -2.36. The number of halogens is 2. The number of anilines is 1. The van der Waals surface area contributed by atoms with Crippen LogP contribution in [0.4, 0.5) is 20.3 Å². The average molecular weight is 464 g/mol. The highest BCUT2D eigenvalue weighted by Gasteiger charge is 2.20. The van der Waals surface area contributed by atoms with Gasteiger partial charge < -0.3 is 24.4 Å². The number of carbonyl (C=O) groups excluding carboxylic acids is 1. The standard InChI is InChI=1S/C21H22F2N4O6/c1-31-17-10-15(16(27(29)30)11-18(17)33-21(22)23)3-5-20(28)25-13-14-2-4-19(24-12-14)26-6-8-32-9-7-26/h2-5,10-12,21H,6-9,13H2,1H3,(H,25,28)/b5-3+. The van der Waals surface area contributed by atoms with Crippen LogP contribution in [0.5, 0.6) is 11.5 Å². The number of ether oxygens (including phenoxy) is 3. The summed E-state index contributed by atoms with van der Waals surface area (Å²) < 4.78 is 39.6. The quantitative estimate of drug-likeness (QED) is 0.342. The summed E-state index contributed by atoms with van der Waals surface area (Å²) in [5.41, 5.74) is 0.249. The van der Waals surface area contributed by atoms with E-state index in [4.69, 9.17) is 9.47 Å². The molecule has 0 aliphatic carbocycles. The maximum Gasteiger partial charge on any atom is 0.387 e. The molecule has 1 N–H and O–H groups in total. The van der Waals surface area contributed by atoms with E-state index in [1.54, 1.807) is 6.20 Å². The summed E-state index contributed by atoms with van der Waals surface area (Å²) in [4.78, 5) is 29.3. The number of hydrogen-bond acceptors (Lipinski definition) is 8. The van der Waals surface area contributed by atoms with Crippen molar-refractivity contribution in [3.05, 3.63) is 57.8 Å². The van der Waals surface area contributed by atoms with Crippen LogP contribution in [0.15, 0.2) is 36.5 Å². The van der Waals surface area contributed by atoms with E-state index in [1.807, 2.05) is 12.1 Å². The number of nitro benzene ring substituents is 1. The predicted molar refractivity (Wildman–Crippen MR) is 114 cm³/mol. The molecular formula is C21H22F2N4O6. The molecule has 1 fully saturated rings. The summed E-state index contributed by atoms with van der Waals surface area (Å²) in [6.07, 6.45) is 3.96. The van der Waals surface area contributed by atoms with Gasteiger partial charge in [0.05, 0.1) is 36.9 Å². The number of nitrogens with one attached hydrogen (secondary N) is 1. The first-order chi connectivity index (χ1) is 15.9. The number of methoxy groups -OCH3 is 1. The van der Waals surface area contributed by atoms with Gasteiger partial charge in [-0.25, -0.2) is 4.98 Å². The zero-order valence-electron chi connectivity index (χ0n) is 17.7. The molecule has 0 spiro atoms. The summed E-state index contributed by atoms with van der Waals surface area (Å²) in [5, 5.41) is 14.0. The molecule has 0 bridgehead atoms. The summed E-state index contributed by atoms with van der Waals surface area (Å²) in [7, 11) is 1.21. The largest absolute Gasteiger partial charge is 0.493 e. The van der Waals surface area contributed by atoms with Gasteiger partial charge in [0.15, 0.2) is 11.5 Å². The molecular weight excluding hydrogens is 442 g/mol. The molecule has 33 heavy (non-hydrogen) atoms. The molecule has 1 aliphatic rings. The van der Waals surface area contributed by atoms with Gasteiger partial charge in [0.2, 0.25) is 5.91 Å². The van der Waals surface area contributed by atoms with Gasteiger partial charge in [-0.1, -0.05) is 6.07 Å².